The van der Waals surface area contributed by atoms with Crippen LogP contribution in [0.2, 0.25) is 0 Å². The van der Waals surface area contributed by atoms with Crippen LogP contribution in [-0.2, 0) is 12.0 Å². The second-order valence-electron chi connectivity index (χ2n) is 7.30. The first-order valence-corrected chi connectivity index (χ1v) is 8.72. The van der Waals surface area contributed by atoms with Crippen molar-refractivity contribution in [1.82, 2.24) is 4.57 Å². The predicted octanol–water partition coefficient (Wildman–Crippen LogP) is 3.72. The molecule has 0 spiro atoms. The number of benzene rings is 2. The minimum atomic E-state index is -0.636. The summed E-state index contributed by atoms with van der Waals surface area (Å²) < 4.78 is 12.0. The number of hydrogen-bond donors (Lipinski definition) is 0. The molecule has 26 heavy (non-hydrogen) atoms. The van der Waals surface area contributed by atoms with E-state index in [2.05, 4.69) is 32.9 Å². The van der Waals surface area contributed by atoms with Crippen molar-refractivity contribution in [1.29, 1.82) is 0 Å². The maximum Gasteiger partial charge on any atom is 0.422 e. The van der Waals surface area contributed by atoms with Crippen molar-refractivity contribution in [3.05, 3.63) is 75.1 Å². The summed E-state index contributed by atoms with van der Waals surface area (Å²) in [6.45, 7) is 7.40. The Morgan fingerprint density at radius 2 is 1.69 bits per heavy atom. The molecule has 0 fully saturated rings. The van der Waals surface area contributed by atoms with Crippen molar-refractivity contribution in [3.63, 3.8) is 0 Å². The number of ether oxygens (including phenoxy) is 1. The molecule has 1 aromatic heterocycles. The first-order valence-electron chi connectivity index (χ1n) is 8.72. The fourth-order valence-electron chi connectivity index (χ4n) is 2.84. The van der Waals surface area contributed by atoms with Gasteiger partial charge in [0.2, 0.25) is 0 Å². The molecule has 0 aliphatic heterocycles. The molecular weight excluding hydrogens is 330 g/mol. The van der Waals surface area contributed by atoms with Crippen LogP contribution in [0.25, 0.3) is 10.9 Å². The van der Waals surface area contributed by atoms with Gasteiger partial charge in [-0.15, -0.1) is 0 Å². The van der Waals surface area contributed by atoms with Crippen molar-refractivity contribution >= 4 is 10.9 Å². The first-order chi connectivity index (χ1) is 12.4. The largest absolute Gasteiger partial charge is 0.494 e. The summed E-state index contributed by atoms with van der Waals surface area (Å²) in [6, 6.07) is 15.0. The molecule has 0 aliphatic carbocycles. The third-order valence-corrected chi connectivity index (χ3v) is 4.33. The molecule has 0 aliphatic rings. The van der Waals surface area contributed by atoms with Crippen molar-refractivity contribution in [2.45, 2.75) is 39.2 Å². The fraction of sp³-hybridized carbons (Fsp3) is 0.333. The van der Waals surface area contributed by atoms with Crippen molar-refractivity contribution in [2.24, 2.45) is 0 Å². The maximum atomic E-state index is 12.0. The van der Waals surface area contributed by atoms with Crippen LogP contribution in [0, 0.1) is 0 Å². The number of rotatable bonds is 5. The molecule has 3 aromatic rings. The van der Waals surface area contributed by atoms with Gasteiger partial charge in [0.15, 0.2) is 0 Å². The average Bonchev–Trinajstić information content (AvgIpc) is 2.60. The lowest BCUT2D eigenvalue weighted by atomic mass is 9.87. The molecule has 0 saturated carbocycles. The molecule has 0 atom stereocenters. The summed E-state index contributed by atoms with van der Waals surface area (Å²) in [5.74, 6) is 0.165. The van der Waals surface area contributed by atoms with Gasteiger partial charge < -0.3 is 9.15 Å². The van der Waals surface area contributed by atoms with E-state index in [4.69, 9.17) is 9.15 Å². The van der Waals surface area contributed by atoms with Crippen LogP contribution in [0.1, 0.15) is 32.8 Å². The Morgan fingerprint density at radius 3 is 2.38 bits per heavy atom. The molecule has 136 valence electrons. The first kappa shape index (κ1) is 18.0. The van der Waals surface area contributed by atoms with E-state index < -0.39 is 11.4 Å². The van der Waals surface area contributed by atoms with E-state index in [1.165, 1.54) is 10.1 Å². The zero-order valence-corrected chi connectivity index (χ0v) is 15.3. The highest BCUT2D eigenvalue weighted by Crippen LogP contribution is 2.24. The summed E-state index contributed by atoms with van der Waals surface area (Å²) in [6.07, 6.45) is 0.624. The zero-order chi connectivity index (χ0) is 18.7. The molecule has 5 nitrogen and oxygen atoms in total. The van der Waals surface area contributed by atoms with Gasteiger partial charge in [0.1, 0.15) is 5.75 Å². The van der Waals surface area contributed by atoms with Crippen LogP contribution in [0.3, 0.4) is 0 Å². The molecule has 5 heteroatoms. The number of aromatic nitrogens is 1. The third-order valence-electron chi connectivity index (χ3n) is 4.33. The lowest BCUT2D eigenvalue weighted by Crippen LogP contribution is -2.25. The third kappa shape index (κ3) is 3.87. The highest BCUT2D eigenvalue weighted by Gasteiger charge is 2.13. The molecule has 0 unspecified atom stereocenters. The Morgan fingerprint density at radius 1 is 1.00 bits per heavy atom. The average molecular weight is 353 g/mol. The molecule has 0 N–H and O–H groups in total. The highest BCUT2D eigenvalue weighted by atomic mass is 16.5. The van der Waals surface area contributed by atoms with Gasteiger partial charge in [-0.05, 0) is 41.7 Å². The van der Waals surface area contributed by atoms with E-state index in [0.717, 1.165) is 5.75 Å². The smallest absolute Gasteiger partial charge is 0.422 e. The van der Waals surface area contributed by atoms with Crippen LogP contribution in [0.5, 0.6) is 5.75 Å². The molecule has 1 heterocycles. The topological polar surface area (TPSA) is 61.4 Å². The molecule has 2 aromatic carbocycles. The Balaban J connectivity index is 1.65. The molecule has 0 radical (unpaired) electrons. The molecule has 3 rings (SSSR count). The highest BCUT2D eigenvalue weighted by molar-refractivity contribution is 5.77. The predicted molar refractivity (Wildman–Crippen MR) is 102 cm³/mol. The normalized spacial score (nSPS) is 11.7. The zero-order valence-electron chi connectivity index (χ0n) is 15.3. The molecule has 0 amide bonds. The Kier molecular flexibility index (Phi) is 4.98. The summed E-state index contributed by atoms with van der Waals surface area (Å²) in [5.41, 5.74) is 1.35. The number of aryl methyl sites for hydroxylation is 1. The van der Waals surface area contributed by atoms with E-state index in [1.54, 1.807) is 24.3 Å². The van der Waals surface area contributed by atoms with Gasteiger partial charge >= 0.3 is 11.4 Å². The summed E-state index contributed by atoms with van der Waals surface area (Å²) in [5, 5.41) is 0.408. The molecule has 0 saturated heterocycles. The maximum absolute atomic E-state index is 12.0. The molecular formula is C21H23NO4. The van der Waals surface area contributed by atoms with Crippen LogP contribution in [-0.4, -0.2) is 11.2 Å². The van der Waals surface area contributed by atoms with Crippen LogP contribution >= 0.6 is 0 Å². The monoisotopic (exact) mass is 353 g/mol. The SMILES string of the molecule is CC(C)(C)c1ccc(OCCCn2c(=O)oc(=O)c3ccccc32)cc1. The van der Waals surface area contributed by atoms with Crippen LogP contribution < -0.4 is 16.1 Å². The van der Waals surface area contributed by atoms with Gasteiger partial charge in [-0.2, -0.15) is 0 Å². The van der Waals surface area contributed by atoms with Crippen molar-refractivity contribution in [3.8, 4) is 5.75 Å². The fourth-order valence-corrected chi connectivity index (χ4v) is 2.84. The van der Waals surface area contributed by atoms with Crippen LogP contribution in [0.4, 0.5) is 0 Å². The van der Waals surface area contributed by atoms with Gasteiger partial charge in [0.25, 0.3) is 0 Å². The Bertz CT molecular complexity index is 1010. The minimum absolute atomic E-state index is 0.109. The summed E-state index contributed by atoms with van der Waals surface area (Å²) >= 11 is 0. The van der Waals surface area contributed by atoms with Crippen LogP contribution in [0.15, 0.2) is 62.5 Å². The van der Waals surface area contributed by atoms with E-state index in [9.17, 15) is 9.59 Å². The van der Waals surface area contributed by atoms with E-state index in [0.29, 0.717) is 30.5 Å². The lowest BCUT2D eigenvalue weighted by Gasteiger charge is -2.19. The Labute approximate surface area is 151 Å². The second kappa shape index (κ2) is 7.20. The quantitative estimate of drug-likeness (QED) is 0.656. The number of fused-ring (bicyclic) bond motifs is 1. The summed E-state index contributed by atoms with van der Waals surface area (Å²) in [4.78, 5) is 23.8. The number of para-hydroxylation sites is 1. The lowest BCUT2D eigenvalue weighted by molar-refractivity contribution is 0.296. The standard InChI is InChI=1S/C21H23NO4/c1-21(2,3)15-9-11-16(12-10-15)25-14-6-13-22-18-8-5-4-7-17(18)19(23)26-20(22)24/h4-5,7-12H,6,13-14H2,1-3H3. The van der Waals surface area contributed by atoms with E-state index in [1.807, 2.05) is 12.1 Å². The van der Waals surface area contributed by atoms with Gasteiger partial charge in [-0.3, -0.25) is 4.57 Å². The van der Waals surface area contributed by atoms with E-state index >= 15 is 0 Å². The van der Waals surface area contributed by atoms with Crippen molar-refractivity contribution in [2.75, 3.05) is 6.61 Å². The van der Waals surface area contributed by atoms with Gasteiger partial charge in [0.05, 0.1) is 17.5 Å². The molecule has 0 bridgehead atoms. The number of hydrogen-bond acceptors (Lipinski definition) is 4. The van der Waals surface area contributed by atoms with Gasteiger partial charge in [-0.1, -0.05) is 45.0 Å². The second-order valence-corrected chi connectivity index (χ2v) is 7.30. The minimum Gasteiger partial charge on any atom is -0.494 e. The van der Waals surface area contributed by atoms with Crippen molar-refractivity contribution < 1.29 is 9.15 Å². The van der Waals surface area contributed by atoms with Gasteiger partial charge in [0, 0.05) is 6.54 Å². The van der Waals surface area contributed by atoms with E-state index in [-0.39, 0.29) is 5.41 Å². The number of nitrogens with zero attached hydrogens (tertiary/aromatic N) is 1. The Hall–Kier alpha value is -2.82. The summed E-state index contributed by atoms with van der Waals surface area (Å²) in [7, 11) is 0. The van der Waals surface area contributed by atoms with Gasteiger partial charge in [-0.25, -0.2) is 9.59 Å².